The lowest BCUT2D eigenvalue weighted by Crippen LogP contribution is -2.58. The van der Waals surface area contributed by atoms with Gasteiger partial charge in [0, 0.05) is 36.3 Å². The SMILES string of the molecule is Cc1ncc(-c2ccc(C(=O)N3CCN[C@@H](C(F)(F)F)C3)cc2)nc1C(=N)OC(=N)c1ccccc1. The Morgan fingerprint density at radius 2 is 1.75 bits per heavy atom. The largest absolute Gasteiger partial charge is 0.419 e. The van der Waals surface area contributed by atoms with E-state index in [2.05, 4.69) is 15.3 Å². The molecule has 0 radical (unpaired) electrons. The predicted molar refractivity (Wildman–Crippen MR) is 127 cm³/mol. The molecule has 1 aromatic heterocycles. The van der Waals surface area contributed by atoms with Crippen molar-refractivity contribution in [1.82, 2.24) is 20.2 Å². The summed E-state index contributed by atoms with van der Waals surface area (Å²) in [6.07, 6.45) is -2.92. The third-order valence-electron chi connectivity index (χ3n) is 5.70. The van der Waals surface area contributed by atoms with Crippen LogP contribution in [0.5, 0.6) is 0 Å². The second-order valence-electron chi connectivity index (χ2n) is 8.19. The molecule has 3 aromatic rings. The van der Waals surface area contributed by atoms with E-state index in [1.54, 1.807) is 43.3 Å². The number of aryl methyl sites for hydroxylation is 1. The fourth-order valence-electron chi connectivity index (χ4n) is 3.72. The zero-order valence-corrected chi connectivity index (χ0v) is 19.3. The Morgan fingerprint density at radius 3 is 2.42 bits per heavy atom. The number of hydrogen-bond acceptors (Lipinski definition) is 7. The molecule has 1 fully saturated rings. The van der Waals surface area contributed by atoms with Crippen LogP contribution >= 0.6 is 0 Å². The number of halogens is 3. The Kier molecular flexibility index (Phi) is 7.11. The first kappa shape index (κ1) is 25.0. The molecule has 0 bridgehead atoms. The van der Waals surface area contributed by atoms with Crippen LogP contribution < -0.4 is 5.32 Å². The number of benzene rings is 2. The molecule has 2 aromatic carbocycles. The first-order valence-corrected chi connectivity index (χ1v) is 11.1. The number of ether oxygens (including phenoxy) is 1. The molecule has 8 nitrogen and oxygen atoms in total. The van der Waals surface area contributed by atoms with Gasteiger partial charge in [0.25, 0.3) is 5.91 Å². The number of carbonyl (C=O) groups excluding carboxylic acids is 1. The molecule has 3 N–H and O–H groups in total. The van der Waals surface area contributed by atoms with Crippen LogP contribution in [-0.4, -0.2) is 64.4 Å². The van der Waals surface area contributed by atoms with Gasteiger partial charge < -0.3 is 15.0 Å². The highest BCUT2D eigenvalue weighted by molar-refractivity contribution is 6.04. The van der Waals surface area contributed by atoms with Gasteiger partial charge in [-0.2, -0.15) is 13.2 Å². The lowest BCUT2D eigenvalue weighted by Gasteiger charge is -2.34. The zero-order chi connectivity index (χ0) is 25.9. The Bertz CT molecular complexity index is 1280. The van der Waals surface area contributed by atoms with Crippen LogP contribution in [0.2, 0.25) is 0 Å². The van der Waals surface area contributed by atoms with Crippen LogP contribution in [-0.2, 0) is 4.74 Å². The Labute approximate surface area is 205 Å². The lowest BCUT2D eigenvalue weighted by atomic mass is 10.1. The molecule has 1 atom stereocenters. The summed E-state index contributed by atoms with van der Waals surface area (Å²) < 4.78 is 44.5. The van der Waals surface area contributed by atoms with Crippen LogP contribution in [0.4, 0.5) is 13.2 Å². The van der Waals surface area contributed by atoms with Gasteiger partial charge in [0.15, 0.2) is 0 Å². The number of alkyl halides is 3. The molecule has 1 aliphatic rings. The van der Waals surface area contributed by atoms with Crippen molar-refractivity contribution in [3.8, 4) is 11.3 Å². The van der Waals surface area contributed by atoms with E-state index in [-0.39, 0.29) is 36.1 Å². The van der Waals surface area contributed by atoms with Gasteiger partial charge in [-0.15, -0.1) is 0 Å². The number of rotatable bonds is 4. The molecule has 2 heterocycles. The molecule has 0 spiro atoms. The van der Waals surface area contributed by atoms with Crippen molar-refractivity contribution in [2.24, 2.45) is 0 Å². The van der Waals surface area contributed by atoms with E-state index >= 15 is 0 Å². The number of piperazine rings is 1. The monoisotopic (exact) mass is 496 g/mol. The van der Waals surface area contributed by atoms with Crippen LogP contribution in [0.3, 0.4) is 0 Å². The van der Waals surface area contributed by atoms with Crippen molar-refractivity contribution in [2.75, 3.05) is 19.6 Å². The van der Waals surface area contributed by atoms with E-state index < -0.39 is 24.7 Å². The summed E-state index contributed by atoms with van der Waals surface area (Å²) in [5.41, 5.74) is 2.37. The fourth-order valence-corrected chi connectivity index (χ4v) is 3.72. The van der Waals surface area contributed by atoms with Gasteiger partial charge in [0.05, 0.1) is 17.6 Å². The van der Waals surface area contributed by atoms with Gasteiger partial charge in [0.1, 0.15) is 11.7 Å². The van der Waals surface area contributed by atoms with E-state index in [4.69, 9.17) is 15.6 Å². The molecule has 0 aliphatic carbocycles. The number of aromatic nitrogens is 2. The summed E-state index contributed by atoms with van der Waals surface area (Å²) in [6, 6.07) is 13.2. The van der Waals surface area contributed by atoms with E-state index in [0.29, 0.717) is 22.5 Å². The first-order valence-electron chi connectivity index (χ1n) is 11.1. The van der Waals surface area contributed by atoms with Gasteiger partial charge in [0.2, 0.25) is 11.8 Å². The van der Waals surface area contributed by atoms with Crippen molar-refractivity contribution < 1.29 is 22.7 Å². The van der Waals surface area contributed by atoms with Gasteiger partial charge in [-0.3, -0.25) is 20.6 Å². The third kappa shape index (κ3) is 5.57. The molecular weight excluding hydrogens is 473 g/mol. The van der Waals surface area contributed by atoms with Gasteiger partial charge >= 0.3 is 6.18 Å². The minimum absolute atomic E-state index is 0.0610. The Hall–Kier alpha value is -4.12. The van der Waals surface area contributed by atoms with Gasteiger partial charge in [-0.25, -0.2) is 4.98 Å². The second kappa shape index (κ2) is 10.2. The van der Waals surface area contributed by atoms with Crippen molar-refractivity contribution >= 4 is 17.7 Å². The summed E-state index contributed by atoms with van der Waals surface area (Å²) in [5.74, 6) is -1.02. The first-order chi connectivity index (χ1) is 17.1. The highest BCUT2D eigenvalue weighted by atomic mass is 19.4. The van der Waals surface area contributed by atoms with Crippen molar-refractivity contribution in [3.05, 3.63) is 83.3 Å². The van der Waals surface area contributed by atoms with Gasteiger partial charge in [-0.1, -0.05) is 30.3 Å². The normalized spacial score (nSPS) is 15.9. The molecule has 0 saturated carbocycles. The third-order valence-corrected chi connectivity index (χ3v) is 5.70. The smallest absolute Gasteiger partial charge is 0.405 e. The van der Waals surface area contributed by atoms with Crippen molar-refractivity contribution in [2.45, 2.75) is 19.1 Å². The van der Waals surface area contributed by atoms with Crippen LogP contribution in [0.1, 0.15) is 27.3 Å². The molecule has 186 valence electrons. The highest BCUT2D eigenvalue weighted by Gasteiger charge is 2.42. The number of carbonyl (C=O) groups is 1. The van der Waals surface area contributed by atoms with Crippen LogP contribution in [0.15, 0.2) is 60.8 Å². The number of hydrogen-bond donors (Lipinski definition) is 3. The van der Waals surface area contributed by atoms with Crippen molar-refractivity contribution in [1.29, 1.82) is 10.8 Å². The summed E-state index contributed by atoms with van der Waals surface area (Å²) in [4.78, 5) is 22.7. The molecular formula is C25H23F3N6O2. The Morgan fingerprint density at radius 1 is 1.06 bits per heavy atom. The topological polar surface area (TPSA) is 115 Å². The average molecular weight is 496 g/mol. The molecule has 4 rings (SSSR count). The molecule has 11 heteroatoms. The van der Waals surface area contributed by atoms with Crippen molar-refractivity contribution in [3.63, 3.8) is 0 Å². The zero-order valence-electron chi connectivity index (χ0n) is 19.3. The maximum Gasteiger partial charge on any atom is 0.405 e. The van der Waals surface area contributed by atoms with E-state index in [9.17, 15) is 18.0 Å². The fraction of sp³-hybridized carbons (Fsp3) is 0.240. The quantitative estimate of drug-likeness (QED) is 0.376. The van der Waals surface area contributed by atoms with E-state index in [1.807, 2.05) is 6.07 Å². The summed E-state index contributed by atoms with van der Waals surface area (Å²) >= 11 is 0. The number of nitrogens with one attached hydrogen (secondary N) is 3. The van der Waals surface area contributed by atoms with Gasteiger partial charge in [-0.05, 0) is 31.2 Å². The minimum Gasteiger partial charge on any atom is -0.419 e. The molecule has 36 heavy (non-hydrogen) atoms. The second-order valence-corrected chi connectivity index (χ2v) is 8.19. The Balaban J connectivity index is 1.48. The van der Waals surface area contributed by atoms with E-state index in [1.165, 1.54) is 23.2 Å². The summed E-state index contributed by atoms with van der Waals surface area (Å²) in [6.45, 7) is 1.46. The molecule has 1 saturated heterocycles. The molecule has 1 amide bonds. The highest BCUT2D eigenvalue weighted by Crippen LogP contribution is 2.24. The predicted octanol–water partition coefficient (Wildman–Crippen LogP) is 3.80. The number of nitrogens with zero attached hydrogens (tertiary/aromatic N) is 3. The van der Waals surface area contributed by atoms with E-state index in [0.717, 1.165) is 0 Å². The lowest BCUT2D eigenvalue weighted by molar-refractivity contribution is -0.162. The maximum absolute atomic E-state index is 13.0. The average Bonchev–Trinajstić information content (AvgIpc) is 2.88. The number of amides is 1. The summed E-state index contributed by atoms with van der Waals surface area (Å²) in [7, 11) is 0. The summed E-state index contributed by atoms with van der Waals surface area (Å²) in [5, 5.41) is 18.7. The van der Waals surface area contributed by atoms with Crippen LogP contribution in [0.25, 0.3) is 11.3 Å². The molecule has 0 unspecified atom stereocenters. The standard InChI is InChI=1S/C25H23F3N6O2/c1-15-21(23(30)36-22(29)17-5-3-2-4-6-17)33-19(13-32-15)16-7-9-18(10-8-16)24(35)34-12-11-31-20(14-34)25(26,27)28/h2-10,13,20,29-31H,11-12,14H2,1H3/t20-/m1/s1. The minimum atomic E-state index is -4.43. The molecule has 1 aliphatic heterocycles. The van der Waals surface area contributed by atoms with Crippen LogP contribution in [0, 0.1) is 17.7 Å². The maximum atomic E-state index is 13.0.